The van der Waals surface area contributed by atoms with Gasteiger partial charge < -0.3 is 5.73 Å². The third-order valence-electron chi connectivity index (χ3n) is 2.14. The molecule has 84 valence electrons. The number of imidazole rings is 1. The molecule has 0 saturated heterocycles. The van der Waals surface area contributed by atoms with E-state index in [1.54, 1.807) is 6.07 Å². The third-order valence-corrected chi connectivity index (χ3v) is 2.14. The van der Waals surface area contributed by atoms with Crippen molar-refractivity contribution in [3.63, 3.8) is 0 Å². The summed E-state index contributed by atoms with van der Waals surface area (Å²) in [5.74, 6) is 0.303. The van der Waals surface area contributed by atoms with Crippen molar-refractivity contribution in [1.82, 2.24) is 4.98 Å². The van der Waals surface area contributed by atoms with Crippen LogP contribution in [-0.4, -0.2) is 4.98 Å². The van der Waals surface area contributed by atoms with Crippen LogP contribution in [0.3, 0.4) is 0 Å². The maximum absolute atomic E-state index is 12.7. The molecule has 16 heavy (non-hydrogen) atoms. The molecule has 0 atom stereocenters. The van der Waals surface area contributed by atoms with Crippen LogP contribution in [0.4, 0.5) is 19.0 Å². The summed E-state index contributed by atoms with van der Waals surface area (Å²) in [6.45, 7) is 0. The lowest BCUT2D eigenvalue weighted by Crippen LogP contribution is -2.30. The zero-order chi connectivity index (χ0) is 11.8. The molecule has 1 aromatic heterocycles. The van der Waals surface area contributed by atoms with Gasteiger partial charge in [0.05, 0.1) is 0 Å². The number of nitrogen functional groups attached to an aromatic ring is 1. The number of nitrogens with zero attached hydrogens (tertiary/aromatic N) is 1. The number of anilines is 1. The van der Waals surface area contributed by atoms with Gasteiger partial charge in [0.1, 0.15) is 11.3 Å². The Bertz CT molecular complexity index is 502. The fourth-order valence-electron chi connectivity index (χ4n) is 1.45. The van der Waals surface area contributed by atoms with Crippen LogP contribution in [0.1, 0.15) is 5.56 Å². The normalized spacial score (nSPS) is 11.7. The van der Waals surface area contributed by atoms with E-state index < -0.39 is 11.7 Å². The van der Waals surface area contributed by atoms with Crippen molar-refractivity contribution in [3.8, 4) is 5.69 Å². The number of rotatable bonds is 1. The van der Waals surface area contributed by atoms with Crippen molar-refractivity contribution < 1.29 is 17.7 Å². The van der Waals surface area contributed by atoms with Crippen molar-refractivity contribution in [2.75, 3.05) is 5.73 Å². The number of H-pyrrole nitrogens is 1. The van der Waals surface area contributed by atoms with Gasteiger partial charge in [0.15, 0.2) is 6.20 Å². The predicted octanol–water partition coefficient (Wildman–Crippen LogP) is 1.89. The molecule has 2 rings (SSSR count). The number of aromatic nitrogens is 2. The smallest absolute Gasteiger partial charge is 0.363 e. The molecule has 0 radical (unpaired) electrons. The van der Waals surface area contributed by atoms with Crippen LogP contribution in [0.2, 0.25) is 0 Å². The molecule has 2 aromatic rings. The van der Waals surface area contributed by atoms with E-state index in [9.17, 15) is 13.2 Å². The topological polar surface area (TPSA) is 45.7 Å². The highest BCUT2D eigenvalue weighted by Crippen LogP contribution is 2.31. The second kappa shape index (κ2) is 3.55. The summed E-state index contributed by atoms with van der Waals surface area (Å²) in [5, 5.41) is 0. The zero-order valence-electron chi connectivity index (χ0n) is 8.12. The summed E-state index contributed by atoms with van der Waals surface area (Å²) in [5.41, 5.74) is 4.77. The lowest BCUT2D eigenvalue weighted by molar-refractivity contribution is -0.595. The maximum Gasteiger partial charge on any atom is 0.420 e. The Morgan fingerprint density at radius 3 is 2.44 bits per heavy atom. The van der Waals surface area contributed by atoms with E-state index in [4.69, 9.17) is 5.73 Å². The van der Waals surface area contributed by atoms with Gasteiger partial charge in [0.2, 0.25) is 12.1 Å². The monoisotopic (exact) mass is 228 g/mol. The van der Waals surface area contributed by atoms with Crippen LogP contribution in [-0.2, 0) is 6.18 Å². The second-order valence-electron chi connectivity index (χ2n) is 3.28. The van der Waals surface area contributed by atoms with Crippen LogP contribution in [0.5, 0.6) is 0 Å². The number of alkyl halides is 3. The Kier molecular flexibility index (Phi) is 2.34. The number of nitrogens with one attached hydrogen (secondary N) is 1. The molecule has 0 fully saturated rings. The van der Waals surface area contributed by atoms with Crippen molar-refractivity contribution in [1.29, 1.82) is 0 Å². The Balaban J connectivity index is 2.57. The lowest BCUT2D eigenvalue weighted by atomic mass is 10.1. The Hall–Kier alpha value is -1.98. The zero-order valence-corrected chi connectivity index (χ0v) is 8.12. The number of aromatic amines is 1. The number of para-hydroxylation sites is 1. The van der Waals surface area contributed by atoms with Crippen LogP contribution < -0.4 is 10.3 Å². The molecule has 6 heteroatoms. The molecule has 0 aliphatic rings. The molecule has 0 spiro atoms. The van der Waals surface area contributed by atoms with E-state index in [1.807, 2.05) is 0 Å². The molecule has 0 aliphatic carbocycles. The van der Waals surface area contributed by atoms with Crippen LogP contribution in [0.15, 0.2) is 36.8 Å². The highest BCUT2D eigenvalue weighted by molar-refractivity contribution is 5.36. The third kappa shape index (κ3) is 1.86. The van der Waals surface area contributed by atoms with Crippen molar-refractivity contribution in [3.05, 3.63) is 42.4 Å². The van der Waals surface area contributed by atoms with E-state index in [2.05, 4.69) is 4.98 Å². The fourth-order valence-corrected chi connectivity index (χ4v) is 1.45. The number of nitrogens with two attached hydrogens (primary N) is 1. The highest BCUT2D eigenvalue weighted by Gasteiger charge is 2.35. The first-order valence-electron chi connectivity index (χ1n) is 4.50. The lowest BCUT2D eigenvalue weighted by Gasteiger charge is -2.08. The standard InChI is InChI=1S/C10H8F3N3/c11-10(12,13)7-3-1-2-4-8(7)16-5-9(14)15-6-16/h1-6H,14H2/p+1. The molecule has 0 bridgehead atoms. The fraction of sp³-hybridized carbons (Fsp3) is 0.100. The molecule has 3 nitrogen and oxygen atoms in total. The second-order valence-corrected chi connectivity index (χ2v) is 3.28. The molecule has 3 N–H and O–H groups in total. The van der Waals surface area contributed by atoms with Gasteiger partial charge in [-0.1, -0.05) is 12.1 Å². The Labute approximate surface area is 89.3 Å². The average Bonchev–Trinajstić information content (AvgIpc) is 2.64. The molecule has 1 aromatic carbocycles. The van der Waals surface area contributed by atoms with Gasteiger partial charge in [-0.15, -0.1) is 0 Å². The number of benzene rings is 1. The Morgan fingerprint density at radius 1 is 1.19 bits per heavy atom. The van der Waals surface area contributed by atoms with E-state index in [0.29, 0.717) is 5.82 Å². The minimum absolute atomic E-state index is 0.0444. The molecule has 0 saturated carbocycles. The van der Waals surface area contributed by atoms with E-state index >= 15 is 0 Å². The highest BCUT2D eigenvalue weighted by atomic mass is 19.4. The molecule has 0 unspecified atom stereocenters. The minimum atomic E-state index is -4.38. The van der Waals surface area contributed by atoms with Gasteiger partial charge in [-0.2, -0.15) is 17.7 Å². The average molecular weight is 228 g/mol. The SMILES string of the molecule is Nc1c[n+](-c2ccccc2C(F)(F)F)c[nH]1. The van der Waals surface area contributed by atoms with E-state index in [1.165, 1.54) is 29.2 Å². The Morgan fingerprint density at radius 2 is 1.88 bits per heavy atom. The van der Waals surface area contributed by atoms with Crippen molar-refractivity contribution in [2.45, 2.75) is 6.18 Å². The first-order chi connectivity index (χ1) is 7.48. The molecule has 1 heterocycles. The van der Waals surface area contributed by atoms with Gasteiger partial charge in [0.25, 0.3) is 0 Å². The van der Waals surface area contributed by atoms with Gasteiger partial charge in [-0.25, -0.2) is 4.98 Å². The largest absolute Gasteiger partial charge is 0.420 e. The van der Waals surface area contributed by atoms with E-state index in [0.717, 1.165) is 6.07 Å². The maximum atomic E-state index is 12.7. The van der Waals surface area contributed by atoms with Crippen molar-refractivity contribution >= 4 is 5.82 Å². The summed E-state index contributed by atoms with van der Waals surface area (Å²) in [6.07, 6.45) is -1.61. The predicted molar refractivity (Wildman–Crippen MR) is 51.7 cm³/mol. The molecule has 0 aliphatic heterocycles. The summed E-state index contributed by atoms with van der Waals surface area (Å²) < 4.78 is 39.4. The first-order valence-corrected chi connectivity index (χ1v) is 4.50. The molecular formula is C10H9F3N3+. The summed E-state index contributed by atoms with van der Waals surface area (Å²) in [7, 11) is 0. The quantitative estimate of drug-likeness (QED) is 0.719. The summed E-state index contributed by atoms with van der Waals surface area (Å²) in [6, 6.07) is 5.31. The summed E-state index contributed by atoms with van der Waals surface area (Å²) in [4.78, 5) is 2.62. The number of hydrogen-bond donors (Lipinski definition) is 2. The van der Waals surface area contributed by atoms with Crippen LogP contribution in [0, 0.1) is 0 Å². The van der Waals surface area contributed by atoms with E-state index in [-0.39, 0.29) is 5.69 Å². The van der Waals surface area contributed by atoms with Crippen LogP contribution in [0.25, 0.3) is 5.69 Å². The number of hydrogen-bond acceptors (Lipinski definition) is 1. The summed E-state index contributed by atoms with van der Waals surface area (Å²) >= 11 is 0. The van der Waals surface area contributed by atoms with Gasteiger partial charge in [-0.05, 0) is 12.1 Å². The molecule has 0 amide bonds. The molecular weight excluding hydrogens is 219 g/mol. The van der Waals surface area contributed by atoms with Gasteiger partial charge >= 0.3 is 6.18 Å². The minimum Gasteiger partial charge on any atom is -0.363 e. The van der Waals surface area contributed by atoms with Gasteiger partial charge in [0, 0.05) is 0 Å². The first kappa shape index (κ1) is 10.5. The number of halogens is 3. The van der Waals surface area contributed by atoms with Gasteiger partial charge in [-0.3, -0.25) is 0 Å². The van der Waals surface area contributed by atoms with Crippen LogP contribution >= 0.6 is 0 Å². The van der Waals surface area contributed by atoms with Crippen molar-refractivity contribution in [2.24, 2.45) is 0 Å².